The third-order valence-corrected chi connectivity index (χ3v) is 10.5. The molecule has 6 rings (SSSR count). The normalized spacial score (nSPS) is 20.6. The Morgan fingerprint density at radius 1 is 0.826 bits per heavy atom. The number of methoxy groups -OCH3 is 2. The van der Waals surface area contributed by atoms with Gasteiger partial charge < -0.3 is 34.4 Å². The summed E-state index contributed by atoms with van der Waals surface area (Å²) in [7, 11) is 3.21. The fourth-order valence-electron chi connectivity index (χ4n) is 7.82. The molecule has 2 aromatic carbocycles. The van der Waals surface area contributed by atoms with Crippen molar-refractivity contribution in [1.29, 1.82) is 0 Å². The Labute approximate surface area is 273 Å². The molecule has 4 amide bonds. The van der Waals surface area contributed by atoms with Crippen molar-refractivity contribution in [3.8, 4) is 11.5 Å². The van der Waals surface area contributed by atoms with Crippen molar-refractivity contribution in [3.63, 3.8) is 0 Å². The van der Waals surface area contributed by atoms with Gasteiger partial charge in [-0.15, -0.1) is 0 Å². The molecule has 0 radical (unpaired) electrons. The molecule has 10 heteroatoms. The van der Waals surface area contributed by atoms with Gasteiger partial charge in [-0.05, 0) is 87.4 Å². The summed E-state index contributed by atoms with van der Waals surface area (Å²) in [6, 6.07) is 14.2. The SMILES string of the molecule is COc1ccc(C[C@H](CC(=O)N2CCC(N3Cc4ccccc4NC3=O)CC2)C(=O)N2CCC(N3CCCCC3)CC2)cc1OC. The summed E-state index contributed by atoms with van der Waals surface area (Å²) in [5.74, 6) is 0.872. The first kappa shape index (κ1) is 32.2. The third-order valence-electron chi connectivity index (χ3n) is 10.5. The van der Waals surface area contributed by atoms with E-state index in [9.17, 15) is 14.4 Å². The van der Waals surface area contributed by atoms with Gasteiger partial charge in [-0.1, -0.05) is 30.7 Å². The van der Waals surface area contributed by atoms with E-state index >= 15 is 0 Å². The predicted octanol–water partition coefficient (Wildman–Crippen LogP) is 4.77. The molecule has 0 saturated carbocycles. The molecule has 248 valence electrons. The number of nitrogens with one attached hydrogen (secondary N) is 1. The van der Waals surface area contributed by atoms with Crippen molar-refractivity contribution in [2.75, 3.05) is 58.8 Å². The van der Waals surface area contributed by atoms with E-state index in [-0.39, 0.29) is 30.3 Å². The summed E-state index contributed by atoms with van der Waals surface area (Å²) in [4.78, 5) is 49.2. The number of fused-ring (bicyclic) bond motifs is 1. The van der Waals surface area contributed by atoms with Crippen molar-refractivity contribution in [1.82, 2.24) is 19.6 Å². The van der Waals surface area contributed by atoms with Crippen molar-refractivity contribution in [3.05, 3.63) is 53.6 Å². The zero-order valence-corrected chi connectivity index (χ0v) is 27.4. The number of para-hydroxylation sites is 1. The average Bonchev–Trinajstić information content (AvgIpc) is 3.11. The molecule has 10 nitrogen and oxygen atoms in total. The van der Waals surface area contributed by atoms with E-state index in [2.05, 4.69) is 10.2 Å². The molecular weight excluding hydrogens is 582 g/mol. The van der Waals surface area contributed by atoms with Crippen molar-refractivity contribution in [2.45, 2.75) is 76.4 Å². The van der Waals surface area contributed by atoms with Gasteiger partial charge in [-0.3, -0.25) is 9.59 Å². The van der Waals surface area contributed by atoms with Crippen LogP contribution in [-0.4, -0.2) is 103 Å². The Morgan fingerprint density at radius 2 is 1.50 bits per heavy atom. The van der Waals surface area contributed by atoms with Crippen LogP contribution in [0.4, 0.5) is 10.5 Å². The zero-order chi connectivity index (χ0) is 32.0. The molecule has 3 saturated heterocycles. The molecular formula is C36H49N5O5. The van der Waals surface area contributed by atoms with Crippen LogP contribution in [0.15, 0.2) is 42.5 Å². The van der Waals surface area contributed by atoms with Gasteiger partial charge in [0.15, 0.2) is 11.5 Å². The van der Waals surface area contributed by atoms with Gasteiger partial charge in [-0.2, -0.15) is 0 Å². The summed E-state index contributed by atoms with van der Waals surface area (Å²) in [5.41, 5.74) is 2.93. The van der Waals surface area contributed by atoms with Crippen LogP contribution >= 0.6 is 0 Å². The average molecular weight is 632 g/mol. The fourth-order valence-corrected chi connectivity index (χ4v) is 7.82. The second-order valence-corrected chi connectivity index (χ2v) is 13.3. The first-order valence-corrected chi connectivity index (χ1v) is 17.1. The van der Waals surface area contributed by atoms with Crippen LogP contribution in [0.1, 0.15) is 62.5 Å². The van der Waals surface area contributed by atoms with Gasteiger partial charge in [0.05, 0.1) is 20.1 Å². The van der Waals surface area contributed by atoms with Crippen LogP contribution in [0.5, 0.6) is 11.5 Å². The maximum Gasteiger partial charge on any atom is 0.322 e. The predicted molar refractivity (Wildman–Crippen MR) is 177 cm³/mol. The van der Waals surface area contributed by atoms with E-state index in [0.29, 0.717) is 43.6 Å². The zero-order valence-electron chi connectivity index (χ0n) is 27.4. The Balaban J connectivity index is 1.10. The highest BCUT2D eigenvalue weighted by molar-refractivity contribution is 5.92. The fraction of sp³-hybridized carbons (Fsp3) is 0.583. The quantitative estimate of drug-likeness (QED) is 0.429. The van der Waals surface area contributed by atoms with Crippen LogP contribution in [-0.2, 0) is 22.6 Å². The molecule has 0 unspecified atom stereocenters. The molecule has 4 aliphatic heterocycles. The lowest BCUT2D eigenvalue weighted by Gasteiger charge is -2.41. The molecule has 1 N–H and O–H groups in total. The number of benzene rings is 2. The number of nitrogens with zero attached hydrogens (tertiary/aromatic N) is 4. The molecule has 1 atom stereocenters. The number of carbonyl (C=O) groups is 3. The Kier molecular flexibility index (Phi) is 10.3. The summed E-state index contributed by atoms with van der Waals surface area (Å²) in [6.45, 7) is 5.55. The summed E-state index contributed by atoms with van der Waals surface area (Å²) < 4.78 is 11.0. The number of urea groups is 1. The minimum Gasteiger partial charge on any atom is -0.493 e. The highest BCUT2D eigenvalue weighted by Crippen LogP contribution is 2.31. The van der Waals surface area contributed by atoms with Crippen molar-refractivity contribution in [2.24, 2.45) is 5.92 Å². The van der Waals surface area contributed by atoms with Gasteiger partial charge in [0.1, 0.15) is 0 Å². The third kappa shape index (κ3) is 7.27. The molecule has 0 spiro atoms. The van der Waals surface area contributed by atoms with E-state index in [1.807, 2.05) is 57.2 Å². The Hall–Kier alpha value is -3.79. The van der Waals surface area contributed by atoms with Crippen LogP contribution in [0.2, 0.25) is 0 Å². The number of amides is 4. The highest BCUT2D eigenvalue weighted by Gasteiger charge is 2.36. The Bertz CT molecular complexity index is 1380. The first-order valence-electron chi connectivity index (χ1n) is 17.1. The van der Waals surface area contributed by atoms with Gasteiger partial charge >= 0.3 is 6.03 Å². The smallest absolute Gasteiger partial charge is 0.322 e. The second kappa shape index (κ2) is 14.8. The largest absolute Gasteiger partial charge is 0.493 e. The van der Waals surface area contributed by atoms with Crippen molar-refractivity contribution < 1.29 is 23.9 Å². The number of hydrogen-bond donors (Lipinski definition) is 1. The number of carbonyl (C=O) groups excluding carboxylic acids is 3. The van der Waals surface area contributed by atoms with Gasteiger partial charge in [0, 0.05) is 56.9 Å². The van der Waals surface area contributed by atoms with Crippen molar-refractivity contribution >= 4 is 23.5 Å². The highest BCUT2D eigenvalue weighted by atomic mass is 16.5. The minimum absolute atomic E-state index is 0.00826. The first-order chi connectivity index (χ1) is 22.4. The van der Waals surface area contributed by atoms with E-state index in [0.717, 1.165) is 55.6 Å². The molecule has 0 aliphatic carbocycles. The molecule has 0 bridgehead atoms. The molecule has 4 aliphatic rings. The van der Waals surface area contributed by atoms with E-state index in [1.54, 1.807) is 14.2 Å². The minimum atomic E-state index is -0.459. The molecule has 0 aromatic heterocycles. The number of rotatable bonds is 9. The number of anilines is 1. The van der Waals surface area contributed by atoms with Crippen LogP contribution in [0.3, 0.4) is 0 Å². The molecule has 3 fully saturated rings. The topological polar surface area (TPSA) is 94.7 Å². The maximum absolute atomic E-state index is 14.1. The number of piperidine rings is 3. The standard InChI is InChI=1S/C36H49N5O5/c1-45-32-11-10-26(23-33(32)46-2)22-28(35(43)40-20-12-29(13-21-40)38-16-6-3-7-17-38)24-34(42)39-18-14-30(15-19-39)41-25-27-8-4-5-9-31(27)37-36(41)44/h4-5,8-11,23,28-30H,3,6-7,12-22,24-25H2,1-2H3,(H,37,44)/t28-/m1/s1. The lowest BCUT2D eigenvalue weighted by Crippen LogP contribution is -2.52. The lowest BCUT2D eigenvalue weighted by molar-refractivity contribution is -0.143. The number of likely N-dealkylation sites (tertiary alicyclic amines) is 3. The maximum atomic E-state index is 14.1. The summed E-state index contributed by atoms with van der Waals surface area (Å²) in [5, 5.41) is 3.02. The second-order valence-electron chi connectivity index (χ2n) is 13.3. The van der Waals surface area contributed by atoms with E-state index < -0.39 is 5.92 Å². The van der Waals surface area contributed by atoms with Crippen LogP contribution < -0.4 is 14.8 Å². The Morgan fingerprint density at radius 3 is 2.22 bits per heavy atom. The van der Waals surface area contributed by atoms with Gasteiger partial charge in [0.25, 0.3) is 0 Å². The molecule has 2 aromatic rings. The van der Waals surface area contributed by atoms with E-state index in [1.165, 1.54) is 32.4 Å². The van der Waals surface area contributed by atoms with Crippen LogP contribution in [0, 0.1) is 5.92 Å². The van der Waals surface area contributed by atoms with E-state index in [4.69, 9.17) is 9.47 Å². The summed E-state index contributed by atoms with van der Waals surface area (Å²) >= 11 is 0. The lowest BCUT2D eigenvalue weighted by atomic mass is 9.91. The molecule has 46 heavy (non-hydrogen) atoms. The van der Waals surface area contributed by atoms with Crippen LogP contribution in [0.25, 0.3) is 0 Å². The molecule has 4 heterocycles. The number of ether oxygens (including phenoxy) is 2. The monoisotopic (exact) mass is 631 g/mol. The van der Waals surface area contributed by atoms with Gasteiger partial charge in [-0.25, -0.2) is 4.79 Å². The number of hydrogen-bond acceptors (Lipinski definition) is 6. The summed E-state index contributed by atoms with van der Waals surface area (Å²) in [6.07, 6.45) is 7.91. The van der Waals surface area contributed by atoms with Gasteiger partial charge in [0.2, 0.25) is 11.8 Å².